The first-order valence-electron chi connectivity index (χ1n) is 34.6. The predicted molar refractivity (Wildman–Crippen MR) is 332 cm³/mol. The quantitative estimate of drug-likeness (QED) is 0.0346. The number of carbonyl (C=O) groups is 3. The maximum absolute atomic E-state index is 13.0. The third kappa shape index (κ3) is 19.7. The molecule has 0 aromatic heterocycles. The summed E-state index contributed by atoms with van der Waals surface area (Å²) < 4.78 is 99.4. The van der Waals surface area contributed by atoms with Gasteiger partial charge in [0.2, 0.25) is 17.7 Å². The van der Waals surface area contributed by atoms with E-state index in [1.165, 1.54) is 0 Å². The van der Waals surface area contributed by atoms with Crippen molar-refractivity contribution in [3.05, 3.63) is 0 Å². The van der Waals surface area contributed by atoms with E-state index in [1.54, 1.807) is 0 Å². The van der Waals surface area contributed by atoms with Crippen LogP contribution in [0.2, 0.25) is 0 Å². The summed E-state index contributed by atoms with van der Waals surface area (Å²) in [5.41, 5.74) is 0. The lowest BCUT2D eigenvalue weighted by Crippen LogP contribution is -2.71. The van der Waals surface area contributed by atoms with Gasteiger partial charge in [0, 0.05) is 20.8 Å². The van der Waals surface area contributed by atoms with Crippen LogP contribution in [0.3, 0.4) is 0 Å². The van der Waals surface area contributed by atoms with E-state index < -0.39 is 353 Å². The van der Waals surface area contributed by atoms with Crippen LogP contribution in [-0.2, 0) is 94.9 Å². The Balaban J connectivity index is 1.05. The molecule has 9 fully saturated rings. The normalized spacial score (nSPS) is 50.0. The number of aliphatic hydroxyl groups excluding tert-OH is 26. The van der Waals surface area contributed by atoms with Crippen LogP contribution in [0.4, 0.5) is 0 Å². The van der Waals surface area contributed by atoms with E-state index in [1.807, 2.05) is 0 Å². The molecule has 9 heterocycles. The Bertz CT molecular complexity index is 2840. The van der Waals surface area contributed by atoms with E-state index >= 15 is 0 Å². The van der Waals surface area contributed by atoms with Crippen molar-refractivity contribution in [2.24, 2.45) is 0 Å². The molecule has 0 radical (unpaired) electrons. The Kier molecular flexibility index (Phi) is 32.1. The monoisotopic (exact) mass is 1600 g/mol. The van der Waals surface area contributed by atoms with E-state index in [0.717, 1.165) is 20.8 Å². The highest BCUT2D eigenvalue weighted by atomic mass is 16.8. The minimum absolute atomic E-state index is 0.787. The Labute approximate surface area is 616 Å². The summed E-state index contributed by atoms with van der Waals surface area (Å²) in [6.45, 7) is -6.75. The molecule has 109 heavy (non-hydrogen) atoms. The van der Waals surface area contributed by atoms with Crippen molar-refractivity contribution in [2.45, 2.75) is 297 Å². The SMILES string of the molecule is CC(=O)N[C@H]1[C@H](O[C@H]2[C@H](O)[C@@H](NC(C)=O)C(O)O[C@@H]2CO)O[C@H](CO)[C@@H](O[C@@H]2O[C@H](CO[C@H]3O[C@H](CO[C@H]4O[C@H](CO)[C@@H](O)[C@H](O)[C@@H]4O)[C@@H](O)[C@H](O[C@H]4O[C@H](CO)[C@@H](O)[C@H](O)[C@@H]4O)[C@@H]3O)[C@@H](O)[C@H](O[C@H]3O[C@H](CO)[C@@H](O)[C@H](O)[C@@H]3O[C@@H]3O[C@H](CO)[C@@H](O[C@@H]4O[C@H](CO)[C@H](O)[C@H](O)[C@H]4O)[C@H](O)[C@H]3NC(C)=O)[C@@H]2O)[C@@H]1O. The summed E-state index contributed by atoms with van der Waals surface area (Å²) in [7, 11) is 0. The highest BCUT2D eigenvalue weighted by molar-refractivity contribution is 5.74. The van der Waals surface area contributed by atoms with Gasteiger partial charge in [-0.1, -0.05) is 0 Å². The zero-order chi connectivity index (χ0) is 80.2. The Morgan fingerprint density at radius 3 is 0.890 bits per heavy atom. The third-order valence-corrected chi connectivity index (χ3v) is 19.9. The summed E-state index contributed by atoms with van der Waals surface area (Å²) >= 11 is 0. The Morgan fingerprint density at radius 2 is 0.495 bits per heavy atom. The first-order valence-corrected chi connectivity index (χ1v) is 34.6. The average molecular weight is 1600 g/mol. The second-order valence-electron chi connectivity index (χ2n) is 27.5. The number of ether oxygens (including phenoxy) is 17. The fourth-order valence-electron chi connectivity index (χ4n) is 14.0. The molecule has 9 rings (SSSR count). The lowest BCUT2D eigenvalue weighted by atomic mass is 9.93. The van der Waals surface area contributed by atoms with Crippen molar-refractivity contribution >= 4 is 17.7 Å². The maximum atomic E-state index is 13.0. The first kappa shape index (κ1) is 89.6. The summed E-state index contributed by atoms with van der Waals surface area (Å²) in [6, 6.07) is -5.52. The largest absolute Gasteiger partial charge is 0.394 e. The number of nitrogens with one attached hydrogen (secondary N) is 3. The van der Waals surface area contributed by atoms with Gasteiger partial charge in [0.1, 0.15) is 220 Å². The van der Waals surface area contributed by atoms with Crippen LogP contribution in [0, 0.1) is 0 Å². The van der Waals surface area contributed by atoms with Crippen LogP contribution in [0.5, 0.6) is 0 Å². The Morgan fingerprint density at radius 1 is 0.239 bits per heavy atom. The van der Waals surface area contributed by atoms with Gasteiger partial charge in [-0.25, -0.2) is 0 Å². The highest BCUT2D eigenvalue weighted by Crippen LogP contribution is 2.40. The van der Waals surface area contributed by atoms with Crippen LogP contribution < -0.4 is 16.0 Å². The van der Waals surface area contributed by atoms with Gasteiger partial charge >= 0.3 is 0 Å². The van der Waals surface area contributed by atoms with Crippen LogP contribution >= 0.6 is 0 Å². The van der Waals surface area contributed by atoms with Gasteiger partial charge < -0.3 is 229 Å². The summed E-state index contributed by atoms with van der Waals surface area (Å²) in [6.07, 6.45) is -87.5. The van der Waals surface area contributed by atoms with Gasteiger partial charge in [-0.05, 0) is 0 Å². The van der Waals surface area contributed by atoms with E-state index in [9.17, 15) is 147 Å². The fraction of sp³-hybridized carbons (Fsp3) is 0.950. The lowest BCUT2D eigenvalue weighted by molar-refractivity contribution is -0.398. The van der Waals surface area contributed by atoms with Crippen molar-refractivity contribution in [2.75, 3.05) is 59.5 Å². The molecule has 0 aromatic carbocycles. The minimum atomic E-state index is -2.57. The summed E-state index contributed by atoms with van der Waals surface area (Å²) in [4.78, 5) is 38.0. The van der Waals surface area contributed by atoms with E-state index in [2.05, 4.69) is 16.0 Å². The van der Waals surface area contributed by atoms with Crippen molar-refractivity contribution in [3.63, 3.8) is 0 Å². The first-order chi connectivity index (χ1) is 51.6. The number of hydrogen-bond acceptors (Lipinski definition) is 46. The van der Waals surface area contributed by atoms with Crippen molar-refractivity contribution in [1.29, 1.82) is 0 Å². The van der Waals surface area contributed by atoms with Crippen LogP contribution in [0.15, 0.2) is 0 Å². The summed E-state index contributed by atoms with van der Waals surface area (Å²) in [5.74, 6) is -2.69. The van der Waals surface area contributed by atoms with Gasteiger partial charge in [0.05, 0.1) is 59.5 Å². The van der Waals surface area contributed by atoms with Gasteiger partial charge in [0.15, 0.2) is 56.6 Å². The standard InChI is InChI=1S/C60H101N3O46/c1-13(71)61-25-34(80)46(20(8-68)95-52(25)92)104-53-26(62-14(2)72)35(81)48(22(10-70)100-53)106-59-45(91)50(108-60-51(40(86)31(77)19(7-67)99-60)109-54-27(63-15(3)73)36(82)47(21(9-69)101-54)105-57-42(88)38(84)29(75)17(5-65)97-57)33(79)24(103-59)12-94-56-44(90)49(107-58-43(89)39(85)30(76)18(6-66)98-58)32(78)23(102-56)11-93-55-41(87)37(83)28(74)16(4-64)96-55/h16-60,64-70,74-92H,4-12H2,1-3H3,(H,61,71)(H,62,72)(H,63,73)/t16-,17-,18-,19-,20-,21-,22-,23-,24-,25-,26-,27-,28-,29+,30-,31-,32-,33-,34-,35-,36-,37+,38+,39+,40+,41+,42-,43+,44+,45+,46-,47-,48-,49+,50+,51+,52?,53+,54+,55+,56+,57+,58-,59+,60-/m1/s1. The van der Waals surface area contributed by atoms with Crippen LogP contribution in [0.25, 0.3) is 0 Å². The van der Waals surface area contributed by atoms with Crippen LogP contribution in [0.1, 0.15) is 20.8 Å². The Hall–Kier alpha value is -3.31. The molecule has 1 unspecified atom stereocenters. The molecule has 9 saturated heterocycles. The lowest BCUT2D eigenvalue weighted by Gasteiger charge is -2.51. The molecule has 0 aliphatic carbocycles. The van der Waals surface area contributed by atoms with Gasteiger partial charge in [-0.3, -0.25) is 14.4 Å². The second kappa shape index (κ2) is 39.1. The zero-order valence-corrected chi connectivity index (χ0v) is 58.1. The van der Waals surface area contributed by atoms with Crippen molar-refractivity contribution < 1.29 is 228 Å². The topological polar surface area (TPSA) is 770 Å². The molecule has 0 spiro atoms. The highest BCUT2D eigenvalue weighted by Gasteiger charge is 2.61. The van der Waals surface area contributed by atoms with Gasteiger partial charge in [0.25, 0.3) is 0 Å². The van der Waals surface area contributed by atoms with Crippen molar-refractivity contribution in [1.82, 2.24) is 16.0 Å². The van der Waals surface area contributed by atoms with Gasteiger partial charge in [-0.2, -0.15) is 0 Å². The minimum Gasteiger partial charge on any atom is -0.394 e. The third-order valence-electron chi connectivity index (χ3n) is 19.9. The average Bonchev–Trinajstić information content (AvgIpc) is 0.769. The van der Waals surface area contributed by atoms with Crippen LogP contribution in [-0.4, -0.2) is 486 Å². The smallest absolute Gasteiger partial charge is 0.217 e. The molecule has 49 nitrogen and oxygen atoms in total. The molecule has 0 aromatic rings. The van der Waals surface area contributed by atoms with Crippen molar-refractivity contribution in [3.8, 4) is 0 Å². The van der Waals surface area contributed by atoms with E-state index in [0.29, 0.717) is 0 Å². The number of hydrogen-bond donors (Lipinski definition) is 29. The zero-order valence-electron chi connectivity index (χ0n) is 58.1. The number of rotatable bonds is 28. The molecule has 0 bridgehead atoms. The number of carbonyl (C=O) groups excluding carboxylic acids is 3. The molecule has 9 aliphatic rings. The molecule has 9 aliphatic heterocycles. The molecule has 29 N–H and O–H groups in total. The fourth-order valence-corrected chi connectivity index (χ4v) is 14.0. The number of amides is 3. The summed E-state index contributed by atoms with van der Waals surface area (Å²) in [5, 5.41) is 294. The molecule has 3 amide bonds. The molecule has 632 valence electrons. The second-order valence-corrected chi connectivity index (χ2v) is 27.5. The molecule has 0 saturated carbocycles. The maximum Gasteiger partial charge on any atom is 0.217 e. The van der Waals surface area contributed by atoms with Gasteiger partial charge in [-0.15, -0.1) is 0 Å². The molecule has 49 heteroatoms. The molecular weight excluding hydrogens is 1500 g/mol. The molecule has 45 atom stereocenters. The number of aliphatic hydroxyl groups is 26. The van der Waals surface area contributed by atoms with E-state index in [-0.39, 0.29) is 0 Å². The van der Waals surface area contributed by atoms with E-state index in [4.69, 9.17) is 80.5 Å². The predicted octanol–water partition coefficient (Wildman–Crippen LogP) is -20.2. The molecular formula is C60H101N3O46.